The molecule has 1 atom stereocenters. The maximum absolute atomic E-state index is 12.1. The van der Waals surface area contributed by atoms with Gasteiger partial charge >= 0.3 is 0 Å². The zero-order valence-electron chi connectivity index (χ0n) is 11.0. The fourth-order valence-corrected chi connectivity index (χ4v) is 3.79. The number of nitrogens with zero attached hydrogens (tertiary/aromatic N) is 1. The van der Waals surface area contributed by atoms with Crippen LogP contribution in [0.15, 0.2) is 0 Å². The molecule has 1 unspecified atom stereocenters. The van der Waals surface area contributed by atoms with Crippen molar-refractivity contribution in [3.05, 3.63) is 0 Å². The fraction of sp³-hybridized carbons (Fsp3) is 0.917. The van der Waals surface area contributed by atoms with Crippen LogP contribution in [-0.2, 0) is 15.6 Å². The maximum Gasteiger partial charge on any atom is 0.237 e. The highest BCUT2D eigenvalue weighted by Crippen LogP contribution is 2.10. The molecule has 6 heteroatoms. The van der Waals surface area contributed by atoms with E-state index in [0.717, 1.165) is 50.5 Å². The molecule has 2 aliphatic rings. The van der Waals surface area contributed by atoms with Crippen LogP contribution in [0.3, 0.4) is 0 Å². The minimum absolute atomic E-state index is 0.0560. The molecule has 0 bridgehead atoms. The van der Waals surface area contributed by atoms with Crippen molar-refractivity contribution in [1.82, 2.24) is 15.5 Å². The average molecular weight is 273 g/mol. The van der Waals surface area contributed by atoms with E-state index in [9.17, 15) is 9.00 Å². The molecule has 104 valence electrons. The van der Waals surface area contributed by atoms with Gasteiger partial charge in [-0.3, -0.25) is 13.9 Å². The molecule has 5 nitrogen and oxygen atoms in total. The molecule has 2 saturated heterocycles. The second-order valence-corrected chi connectivity index (χ2v) is 6.79. The largest absolute Gasteiger partial charge is 0.352 e. The molecule has 0 aromatic carbocycles. The quantitative estimate of drug-likeness (QED) is 0.714. The van der Waals surface area contributed by atoms with Gasteiger partial charge < -0.3 is 10.6 Å². The summed E-state index contributed by atoms with van der Waals surface area (Å²) in [6.45, 7) is 5.76. The summed E-state index contributed by atoms with van der Waals surface area (Å²) in [5.74, 6) is 1.58. The van der Waals surface area contributed by atoms with Crippen molar-refractivity contribution < 1.29 is 9.00 Å². The van der Waals surface area contributed by atoms with Crippen molar-refractivity contribution in [2.24, 2.45) is 0 Å². The van der Waals surface area contributed by atoms with Crippen LogP contribution in [0.25, 0.3) is 0 Å². The SMILES string of the molecule is CC(C(=O)NC1CCS(=O)CC1)N1CCNCC1. The topological polar surface area (TPSA) is 61.4 Å². The van der Waals surface area contributed by atoms with E-state index in [1.54, 1.807) is 0 Å². The lowest BCUT2D eigenvalue weighted by Gasteiger charge is -2.33. The van der Waals surface area contributed by atoms with Gasteiger partial charge in [-0.15, -0.1) is 0 Å². The van der Waals surface area contributed by atoms with E-state index in [1.165, 1.54) is 0 Å². The third kappa shape index (κ3) is 3.76. The molecule has 2 rings (SSSR count). The highest BCUT2D eigenvalue weighted by Gasteiger charge is 2.26. The summed E-state index contributed by atoms with van der Waals surface area (Å²) < 4.78 is 11.3. The first-order chi connectivity index (χ1) is 8.66. The third-order valence-corrected chi connectivity index (χ3v) is 5.20. The van der Waals surface area contributed by atoms with Crippen molar-refractivity contribution in [3.63, 3.8) is 0 Å². The van der Waals surface area contributed by atoms with Crippen LogP contribution >= 0.6 is 0 Å². The van der Waals surface area contributed by atoms with Crippen LogP contribution in [0.1, 0.15) is 19.8 Å². The molecular formula is C12H23N3O2S. The Labute approximate surface area is 111 Å². The molecule has 0 radical (unpaired) electrons. The average Bonchev–Trinajstić information content (AvgIpc) is 2.41. The molecule has 2 fully saturated rings. The second-order valence-electron chi connectivity index (χ2n) is 5.09. The zero-order valence-corrected chi connectivity index (χ0v) is 11.8. The zero-order chi connectivity index (χ0) is 13.0. The van der Waals surface area contributed by atoms with Crippen LogP contribution in [0.5, 0.6) is 0 Å². The molecule has 1 amide bonds. The highest BCUT2D eigenvalue weighted by molar-refractivity contribution is 7.85. The van der Waals surface area contributed by atoms with Crippen molar-refractivity contribution >= 4 is 16.7 Å². The molecule has 0 spiro atoms. The lowest BCUT2D eigenvalue weighted by atomic mass is 10.1. The summed E-state index contributed by atoms with van der Waals surface area (Å²) >= 11 is 0. The third-order valence-electron chi connectivity index (χ3n) is 3.81. The smallest absolute Gasteiger partial charge is 0.237 e. The number of carbonyl (C=O) groups is 1. The van der Waals surface area contributed by atoms with Gasteiger partial charge in [0.05, 0.1) is 6.04 Å². The molecule has 18 heavy (non-hydrogen) atoms. The van der Waals surface area contributed by atoms with Crippen LogP contribution in [0, 0.1) is 0 Å². The Morgan fingerprint density at radius 2 is 1.94 bits per heavy atom. The minimum atomic E-state index is -0.661. The van der Waals surface area contributed by atoms with E-state index in [2.05, 4.69) is 15.5 Å². The van der Waals surface area contributed by atoms with E-state index >= 15 is 0 Å². The van der Waals surface area contributed by atoms with Crippen LogP contribution in [0.4, 0.5) is 0 Å². The summed E-state index contributed by atoms with van der Waals surface area (Å²) in [6, 6.07) is 0.167. The molecule has 2 heterocycles. The van der Waals surface area contributed by atoms with Gasteiger partial charge in [0.15, 0.2) is 0 Å². The lowest BCUT2D eigenvalue weighted by molar-refractivity contribution is -0.126. The van der Waals surface area contributed by atoms with Gasteiger partial charge in [0, 0.05) is 54.5 Å². The Morgan fingerprint density at radius 3 is 2.56 bits per heavy atom. The summed E-state index contributed by atoms with van der Waals surface area (Å²) in [4.78, 5) is 14.4. The van der Waals surface area contributed by atoms with Crippen LogP contribution < -0.4 is 10.6 Å². The first kappa shape index (κ1) is 14.0. The summed E-state index contributed by atoms with van der Waals surface area (Å²) in [6.07, 6.45) is 1.71. The van der Waals surface area contributed by atoms with Gasteiger partial charge in [-0.05, 0) is 19.8 Å². The van der Waals surface area contributed by atoms with Gasteiger partial charge in [-0.25, -0.2) is 0 Å². The monoisotopic (exact) mass is 273 g/mol. The number of nitrogens with one attached hydrogen (secondary N) is 2. The number of hydrogen-bond donors (Lipinski definition) is 2. The maximum atomic E-state index is 12.1. The van der Waals surface area contributed by atoms with Crippen molar-refractivity contribution in [1.29, 1.82) is 0 Å². The molecule has 0 aliphatic carbocycles. The van der Waals surface area contributed by atoms with Gasteiger partial charge in [0.25, 0.3) is 0 Å². The number of piperazine rings is 1. The predicted molar refractivity (Wildman–Crippen MR) is 72.9 cm³/mol. The Kier molecular flexibility index (Phi) is 5.14. The molecule has 2 N–H and O–H groups in total. The van der Waals surface area contributed by atoms with E-state index < -0.39 is 10.8 Å². The van der Waals surface area contributed by atoms with E-state index in [1.807, 2.05) is 6.92 Å². The van der Waals surface area contributed by atoms with Gasteiger partial charge in [0.2, 0.25) is 5.91 Å². The van der Waals surface area contributed by atoms with Gasteiger partial charge in [-0.1, -0.05) is 0 Å². The van der Waals surface area contributed by atoms with E-state index in [4.69, 9.17) is 0 Å². The van der Waals surface area contributed by atoms with Crippen LogP contribution in [0.2, 0.25) is 0 Å². The lowest BCUT2D eigenvalue weighted by Crippen LogP contribution is -2.54. The van der Waals surface area contributed by atoms with Crippen LogP contribution in [-0.4, -0.2) is 64.8 Å². The fourth-order valence-electron chi connectivity index (χ4n) is 2.50. The number of hydrogen-bond acceptors (Lipinski definition) is 4. The Morgan fingerprint density at radius 1 is 1.33 bits per heavy atom. The van der Waals surface area contributed by atoms with Gasteiger partial charge in [0.1, 0.15) is 0 Å². The first-order valence-electron chi connectivity index (χ1n) is 6.77. The van der Waals surface area contributed by atoms with Crippen molar-refractivity contribution in [2.75, 3.05) is 37.7 Å². The van der Waals surface area contributed by atoms with Crippen molar-refractivity contribution in [2.45, 2.75) is 31.8 Å². The minimum Gasteiger partial charge on any atom is -0.352 e. The highest BCUT2D eigenvalue weighted by atomic mass is 32.2. The van der Waals surface area contributed by atoms with E-state index in [-0.39, 0.29) is 18.0 Å². The summed E-state index contributed by atoms with van der Waals surface area (Å²) in [5.41, 5.74) is 0. The van der Waals surface area contributed by atoms with E-state index in [0.29, 0.717) is 0 Å². The standard InChI is InChI=1S/C12H23N3O2S/c1-10(15-6-4-13-5-7-15)12(16)14-11-2-8-18(17)9-3-11/h10-11,13H,2-9H2,1H3,(H,14,16). The van der Waals surface area contributed by atoms with Gasteiger partial charge in [-0.2, -0.15) is 0 Å². The Bertz CT molecular complexity index is 308. The molecular weight excluding hydrogens is 250 g/mol. The Balaban J connectivity index is 1.77. The molecule has 0 saturated carbocycles. The molecule has 0 aromatic rings. The summed E-state index contributed by atoms with van der Waals surface area (Å²) in [5, 5.41) is 6.39. The molecule has 0 aromatic heterocycles. The Hall–Kier alpha value is -0.460. The first-order valence-corrected chi connectivity index (χ1v) is 8.26. The second kappa shape index (κ2) is 6.63. The number of rotatable bonds is 3. The number of carbonyl (C=O) groups excluding carboxylic acids is 1. The number of amides is 1. The summed E-state index contributed by atoms with van der Waals surface area (Å²) in [7, 11) is -0.661. The predicted octanol–water partition coefficient (Wildman–Crippen LogP) is -0.693. The van der Waals surface area contributed by atoms with Crippen molar-refractivity contribution in [3.8, 4) is 0 Å². The normalized spacial score (nSPS) is 31.8. The molecule has 2 aliphatic heterocycles.